The first-order valence-corrected chi connectivity index (χ1v) is 11.1. The van der Waals surface area contributed by atoms with Crippen LogP contribution in [-0.2, 0) is 20.9 Å². The number of carboxylic acids is 1. The molecule has 5 N–H and O–H groups in total. The van der Waals surface area contributed by atoms with Crippen LogP contribution in [-0.4, -0.2) is 67.4 Å². The van der Waals surface area contributed by atoms with Crippen molar-refractivity contribution in [1.29, 1.82) is 0 Å². The van der Waals surface area contributed by atoms with Gasteiger partial charge in [0.1, 0.15) is 17.1 Å². The molecule has 2 aromatic rings. The van der Waals surface area contributed by atoms with Gasteiger partial charge in [0.15, 0.2) is 35.2 Å². The van der Waals surface area contributed by atoms with Gasteiger partial charge < -0.3 is 26.3 Å². The summed E-state index contributed by atoms with van der Waals surface area (Å²) < 4.78 is 1.78. The van der Waals surface area contributed by atoms with E-state index in [0.29, 0.717) is 0 Å². The maximum Gasteiger partial charge on any atom is 0.318 e. The summed E-state index contributed by atoms with van der Waals surface area (Å²) in [5.74, 6) is -1.86. The number of fused-ring (bicyclic) bond motifs is 1. The van der Waals surface area contributed by atoms with Gasteiger partial charge in [-0.05, 0) is 0 Å². The van der Waals surface area contributed by atoms with Crippen molar-refractivity contribution in [2.75, 3.05) is 18.0 Å². The second-order valence-electron chi connectivity index (χ2n) is 7.27. The second kappa shape index (κ2) is 8.15. The number of β-lactam (4-membered cyclic amide) rings is 1. The van der Waals surface area contributed by atoms with E-state index < -0.39 is 28.7 Å². The van der Waals surface area contributed by atoms with Gasteiger partial charge >= 0.3 is 5.97 Å². The van der Waals surface area contributed by atoms with E-state index in [4.69, 9.17) is 5.73 Å². The third-order valence-electron chi connectivity index (χ3n) is 5.23. The molecule has 0 bridgehead atoms. The summed E-state index contributed by atoms with van der Waals surface area (Å²) in [6, 6.07) is 4.61. The van der Waals surface area contributed by atoms with Crippen LogP contribution in [0.4, 0.5) is 5.13 Å². The number of pyridine rings is 1. The van der Waals surface area contributed by atoms with Gasteiger partial charge in [0, 0.05) is 29.8 Å². The molecule has 2 fully saturated rings. The number of amides is 2. The molecule has 0 spiro atoms. The van der Waals surface area contributed by atoms with Gasteiger partial charge in [-0.2, -0.15) is 0 Å². The average molecular weight is 464 g/mol. The zero-order valence-corrected chi connectivity index (χ0v) is 17.7. The Morgan fingerprint density at radius 2 is 2.13 bits per heavy atom. The number of nitrogens with one attached hydrogen (secondary N) is 1. The minimum absolute atomic E-state index is 0.0384. The molecule has 2 aromatic heterocycles. The third-order valence-corrected chi connectivity index (χ3v) is 7.49. The highest BCUT2D eigenvalue weighted by atomic mass is 32.2. The van der Waals surface area contributed by atoms with E-state index in [1.165, 1.54) is 22.0 Å². The van der Waals surface area contributed by atoms with Crippen LogP contribution >= 0.6 is 23.1 Å². The van der Waals surface area contributed by atoms with Crippen LogP contribution in [0, 0.1) is 5.41 Å². The molecule has 13 heteroatoms. The number of nitrogens with two attached hydrogens (primary N) is 1. The Kier molecular flexibility index (Phi) is 5.54. The molecular formula is C18H19N6O5S2+. The second-order valence-corrected chi connectivity index (χ2v) is 9.27. The first kappa shape index (κ1) is 21.1. The number of nitrogens with zero attached hydrogens (tertiary/aromatic N) is 4. The molecule has 0 radical (unpaired) electrons. The zero-order valence-electron chi connectivity index (χ0n) is 16.0. The lowest BCUT2D eigenvalue weighted by molar-refractivity contribution is -0.706. The van der Waals surface area contributed by atoms with Crippen LogP contribution in [0.2, 0.25) is 0 Å². The minimum atomic E-state index is -1.15. The highest BCUT2D eigenvalue weighted by Crippen LogP contribution is 2.42. The smallest absolute Gasteiger partial charge is 0.318 e. The lowest BCUT2D eigenvalue weighted by atomic mass is 9.86. The van der Waals surface area contributed by atoms with Crippen LogP contribution < -0.4 is 15.6 Å². The van der Waals surface area contributed by atoms with E-state index in [0.717, 1.165) is 11.3 Å². The molecule has 3 atom stereocenters. The first-order chi connectivity index (χ1) is 14.8. The van der Waals surface area contributed by atoms with Crippen molar-refractivity contribution < 1.29 is 29.3 Å². The molecule has 31 heavy (non-hydrogen) atoms. The number of carbonyl (C=O) groups is 3. The normalized spacial score (nSPS) is 25.5. The van der Waals surface area contributed by atoms with Gasteiger partial charge in [-0.15, -0.1) is 23.1 Å². The number of aliphatic carboxylic acids is 1. The average Bonchev–Trinajstić information content (AvgIpc) is 3.19. The van der Waals surface area contributed by atoms with Crippen molar-refractivity contribution >= 4 is 51.7 Å². The lowest BCUT2D eigenvalue weighted by Crippen LogP contribution is -2.75. The topological polar surface area (TPSA) is 162 Å². The van der Waals surface area contributed by atoms with Crippen LogP contribution in [0.3, 0.4) is 0 Å². The number of hydrogen-bond donors (Lipinski definition) is 4. The van der Waals surface area contributed by atoms with Gasteiger partial charge in [-0.3, -0.25) is 14.4 Å². The SMILES string of the molecule is Nc1nc(C(=NO)C(=O)NC2C(=O)N3CC(C[n+]4ccccc4)(C(=O)O)CS[C@H]23)cs1. The Bertz CT molecular complexity index is 1060. The number of nitrogen functional groups attached to an aromatic ring is 1. The Hall–Kier alpha value is -3.19. The third kappa shape index (κ3) is 3.81. The summed E-state index contributed by atoms with van der Waals surface area (Å²) in [5, 5.41) is 26.0. The van der Waals surface area contributed by atoms with E-state index >= 15 is 0 Å². The number of thioether (sulfide) groups is 1. The number of hydrogen-bond acceptors (Lipinski definition) is 9. The highest BCUT2D eigenvalue weighted by molar-refractivity contribution is 8.00. The van der Waals surface area contributed by atoms with Crippen LogP contribution in [0.1, 0.15) is 5.69 Å². The molecule has 2 saturated heterocycles. The standard InChI is InChI=1S/C18H18N6O5S2/c19-17-20-10(6-30-17)11(22-29)13(25)21-12-14(26)24-8-18(16(27)28,9-31-15(12)24)7-23-4-2-1-3-5-23/h1-6,12,15H,7-9H2,(H4-,19,20,21,25,27,28,29)/p+1/t12?,15-,18?/m1/s1. The summed E-state index contributed by atoms with van der Waals surface area (Å²) in [5.41, 5.74) is 4.16. The van der Waals surface area contributed by atoms with Gasteiger partial charge in [0.25, 0.3) is 5.91 Å². The molecule has 162 valence electrons. The minimum Gasteiger partial charge on any atom is -0.481 e. The summed E-state index contributed by atoms with van der Waals surface area (Å²) in [6.45, 7) is 0.257. The molecule has 4 heterocycles. The molecule has 2 amide bonds. The number of anilines is 1. The fourth-order valence-electron chi connectivity index (χ4n) is 3.63. The Balaban J connectivity index is 1.45. The molecule has 0 saturated carbocycles. The monoisotopic (exact) mass is 463 g/mol. The summed E-state index contributed by atoms with van der Waals surface area (Å²) >= 11 is 2.38. The van der Waals surface area contributed by atoms with Crippen molar-refractivity contribution in [3.8, 4) is 0 Å². The van der Waals surface area contributed by atoms with E-state index in [1.54, 1.807) is 17.0 Å². The molecule has 0 aromatic carbocycles. The number of thiazole rings is 1. The van der Waals surface area contributed by atoms with Crippen LogP contribution in [0.15, 0.2) is 41.1 Å². The summed E-state index contributed by atoms with van der Waals surface area (Å²) in [4.78, 5) is 42.7. The van der Waals surface area contributed by atoms with Crippen LogP contribution in [0.25, 0.3) is 0 Å². The maximum absolute atomic E-state index is 12.7. The van der Waals surface area contributed by atoms with Gasteiger partial charge in [-0.25, -0.2) is 9.55 Å². The van der Waals surface area contributed by atoms with Crippen LogP contribution in [0.5, 0.6) is 0 Å². The van der Waals surface area contributed by atoms with Gasteiger partial charge in [0.2, 0.25) is 5.91 Å². The predicted octanol–water partition coefficient (Wildman–Crippen LogP) is -0.638. The summed E-state index contributed by atoms with van der Waals surface area (Å²) in [6.07, 6.45) is 3.56. The number of oxime groups is 1. The molecule has 2 aliphatic rings. The van der Waals surface area contributed by atoms with E-state index in [9.17, 15) is 24.7 Å². The highest BCUT2D eigenvalue weighted by Gasteiger charge is 2.59. The van der Waals surface area contributed by atoms with E-state index in [-0.39, 0.29) is 41.3 Å². The molecule has 4 rings (SSSR count). The van der Waals surface area contributed by atoms with E-state index in [1.807, 2.05) is 18.2 Å². The molecule has 2 unspecified atom stereocenters. The summed E-state index contributed by atoms with van der Waals surface area (Å²) in [7, 11) is 0. The van der Waals surface area contributed by atoms with Crippen molar-refractivity contribution in [3.05, 3.63) is 41.7 Å². The fraction of sp³-hybridized carbons (Fsp3) is 0.333. The Morgan fingerprint density at radius 1 is 1.39 bits per heavy atom. The Labute approximate surface area is 184 Å². The van der Waals surface area contributed by atoms with E-state index in [2.05, 4.69) is 15.5 Å². The van der Waals surface area contributed by atoms with Crippen molar-refractivity contribution in [1.82, 2.24) is 15.2 Å². The maximum atomic E-state index is 12.7. The number of carbonyl (C=O) groups excluding carboxylic acids is 2. The first-order valence-electron chi connectivity index (χ1n) is 9.18. The van der Waals surface area contributed by atoms with Gasteiger partial charge in [-0.1, -0.05) is 11.2 Å². The largest absolute Gasteiger partial charge is 0.481 e. The van der Waals surface area contributed by atoms with Crippen molar-refractivity contribution in [3.63, 3.8) is 0 Å². The lowest BCUT2D eigenvalue weighted by Gasteiger charge is -2.53. The number of rotatable bonds is 6. The predicted molar refractivity (Wildman–Crippen MR) is 111 cm³/mol. The quantitative estimate of drug-likeness (QED) is 0.145. The molecule has 2 aliphatic heterocycles. The fourth-order valence-corrected chi connectivity index (χ4v) is 5.71. The molecule has 11 nitrogen and oxygen atoms in total. The Morgan fingerprint density at radius 3 is 2.74 bits per heavy atom. The van der Waals surface area contributed by atoms with Crippen molar-refractivity contribution in [2.45, 2.75) is 18.0 Å². The number of aromatic nitrogens is 2. The molecular weight excluding hydrogens is 444 g/mol. The molecule has 0 aliphatic carbocycles. The zero-order chi connectivity index (χ0) is 22.2. The van der Waals surface area contributed by atoms with Crippen molar-refractivity contribution in [2.24, 2.45) is 10.6 Å². The van der Waals surface area contributed by atoms with Gasteiger partial charge in [0.05, 0.1) is 0 Å². The number of carboxylic acid groups (broad SMARTS) is 1.